The number of nitrogens with zero attached hydrogens (tertiary/aromatic N) is 1. The number of rotatable bonds is 4. The molecule has 2 aliphatic heterocycles. The van der Waals surface area contributed by atoms with Crippen molar-refractivity contribution in [1.29, 1.82) is 0 Å². The van der Waals surface area contributed by atoms with E-state index in [0.29, 0.717) is 17.6 Å². The molecule has 0 aliphatic carbocycles. The van der Waals surface area contributed by atoms with Gasteiger partial charge in [0.15, 0.2) is 0 Å². The maximum absolute atomic E-state index is 12.8. The van der Waals surface area contributed by atoms with E-state index in [2.05, 4.69) is 5.32 Å². The summed E-state index contributed by atoms with van der Waals surface area (Å²) < 4.78 is 32.2. The highest BCUT2D eigenvalue weighted by Gasteiger charge is 2.36. The van der Waals surface area contributed by atoms with Crippen LogP contribution in [0.5, 0.6) is 0 Å². The molecule has 1 unspecified atom stereocenters. The van der Waals surface area contributed by atoms with Gasteiger partial charge < -0.3 is 10.1 Å². The minimum absolute atomic E-state index is 0.0322. The summed E-state index contributed by atoms with van der Waals surface area (Å²) in [4.78, 5) is 12.5. The van der Waals surface area contributed by atoms with E-state index >= 15 is 0 Å². The lowest BCUT2D eigenvalue weighted by Gasteiger charge is -2.19. The number of hydrogen-bond acceptors (Lipinski definition) is 4. The van der Waals surface area contributed by atoms with E-state index in [1.807, 2.05) is 12.1 Å². The number of carbonyl (C=O) groups is 1. The normalized spacial score (nSPS) is 21.3. The Morgan fingerprint density at radius 1 is 1.25 bits per heavy atom. The molecule has 0 aromatic heterocycles. The van der Waals surface area contributed by atoms with E-state index in [1.54, 1.807) is 24.3 Å². The summed E-state index contributed by atoms with van der Waals surface area (Å²) in [5.41, 5.74) is 0.565. The predicted molar refractivity (Wildman–Crippen MR) is 90.5 cm³/mol. The zero-order valence-electron chi connectivity index (χ0n) is 13.1. The lowest BCUT2D eigenvalue weighted by molar-refractivity contribution is -0.120. The zero-order chi connectivity index (χ0) is 16.7. The summed E-state index contributed by atoms with van der Waals surface area (Å²) in [5, 5.41) is 4.32. The summed E-state index contributed by atoms with van der Waals surface area (Å²) in [6.45, 7) is 0.922. The third-order valence-corrected chi connectivity index (χ3v) is 6.32. The first-order valence-electron chi connectivity index (χ1n) is 8.00. The zero-order valence-corrected chi connectivity index (χ0v) is 13.9. The highest BCUT2D eigenvalue weighted by molar-refractivity contribution is 7.93. The molecule has 0 saturated carbocycles. The van der Waals surface area contributed by atoms with Crippen LogP contribution in [0.25, 0.3) is 10.8 Å². The Balaban J connectivity index is 1.58. The quantitative estimate of drug-likeness (QED) is 0.913. The van der Waals surface area contributed by atoms with E-state index in [1.165, 1.54) is 4.31 Å². The second kappa shape index (κ2) is 5.75. The van der Waals surface area contributed by atoms with Crippen LogP contribution in [0.1, 0.15) is 12.8 Å². The molecule has 0 radical (unpaired) electrons. The largest absolute Gasteiger partial charge is 0.376 e. The standard InChI is InChI=1S/C17H18N2O4S/c20-16(18-10-13-6-3-9-23-13)11-19-14-7-1-4-12-5-2-8-15(17(12)14)24(19,21)22/h1-2,4-5,7-8,13H,3,6,9-11H2,(H,18,20). The summed E-state index contributed by atoms with van der Waals surface area (Å²) in [6.07, 6.45) is 1.95. The Kier molecular flexibility index (Phi) is 3.69. The van der Waals surface area contributed by atoms with Crippen LogP contribution < -0.4 is 9.62 Å². The Bertz CT molecular complexity index is 899. The SMILES string of the molecule is O=C(CN1c2cccc3cccc(c23)S1(=O)=O)NCC1CCCO1. The van der Waals surface area contributed by atoms with Crippen molar-refractivity contribution in [2.75, 3.05) is 24.0 Å². The molecule has 0 bridgehead atoms. The molecule has 24 heavy (non-hydrogen) atoms. The van der Waals surface area contributed by atoms with Gasteiger partial charge in [0.1, 0.15) is 6.54 Å². The van der Waals surface area contributed by atoms with Crippen LogP contribution in [0.15, 0.2) is 41.3 Å². The molecule has 0 spiro atoms. The van der Waals surface area contributed by atoms with Gasteiger partial charge in [-0.1, -0.05) is 24.3 Å². The van der Waals surface area contributed by atoms with Crippen LogP contribution >= 0.6 is 0 Å². The van der Waals surface area contributed by atoms with Gasteiger partial charge >= 0.3 is 0 Å². The second-order valence-corrected chi connectivity index (χ2v) is 7.91. The first-order valence-corrected chi connectivity index (χ1v) is 9.44. The lowest BCUT2D eigenvalue weighted by Crippen LogP contribution is -2.41. The van der Waals surface area contributed by atoms with Crippen molar-refractivity contribution in [3.05, 3.63) is 36.4 Å². The van der Waals surface area contributed by atoms with Crippen LogP contribution in [0.2, 0.25) is 0 Å². The van der Waals surface area contributed by atoms with Crippen LogP contribution in [-0.4, -0.2) is 40.1 Å². The maximum atomic E-state index is 12.8. The van der Waals surface area contributed by atoms with Crippen molar-refractivity contribution in [3.8, 4) is 0 Å². The monoisotopic (exact) mass is 346 g/mol. The molecule has 1 fully saturated rings. The molecule has 1 saturated heterocycles. The molecular formula is C17H18N2O4S. The van der Waals surface area contributed by atoms with Gasteiger partial charge in [0.25, 0.3) is 10.0 Å². The van der Waals surface area contributed by atoms with Gasteiger partial charge in [-0.25, -0.2) is 8.42 Å². The average molecular weight is 346 g/mol. The highest BCUT2D eigenvalue weighted by Crippen LogP contribution is 2.41. The molecule has 1 N–H and O–H groups in total. The summed E-state index contributed by atoms with van der Waals surface area (Å²) >= 11 is 0. The Labute approximate surface area is 140 Å². The fourth-order valence-corrected chi connectivity index (χ4v) is 5.01. The van der Waals surface area contributed by atoms with Crippen molar-refractivity contribution in [3.63, 3.8) is 0 Å². The smallest absolute Gasteiger partial charge is 0.265 e. The van der Waals surface area contributed by atoms with Crippen LogP contribution in [0, 0.1) is 0 Å². The number of anilines is 1. The molecule has 2 aromatic rings. The number of benzene rings is 2. The Morgan fingerprint density at radius 3 is 2.79 bits per heavy atom. The van der Waals surface area contributed by atoms with Gasteiger partial charge in [-0.3, -0.25) is 9.10 Å². The summed E-state index contributed by atoms with van der Waals surface area (Å²) in [6, 6.07) is 10.6. The van der Waals surface area contributed by atoms with Gasteiger partial charge in [0, 0.05) is 18.5 Å². The number of carbonyl (C=O) groups excluding carboxylic acids is 1. The average Bonchev–Trinajstić information content (AvgIpc) is 3.16. The maximum Gasteiger partial charge on any atom is 0.265 e. The third kappa shape index (κ3) is 2.44. The molecule has 4 rings (SSSR count). The van der Waals surface area contributed by atoms with Crippen molar-refractivity contribution >= 4 is 32.4 Å². The molecule has 6 nitrogen and oxygen atoms in total. The van der Waals surface area contributed by atoms with E-state index in [4.69, 9.17) is 4.74 Å². The fraction of sp³-hybridized carbons (Fsp3) is 0.353. The number of ether oxygens (including phenoxy) is 1. The van der Waals surface area contributed by atoms with Crippen molar-refractivity contribution < 1.29 is 17.9 Å². The van der Waals surface area contributed by atoms with Gasteiger partial charge in [-0.2, -0.15) is 0 Å². The molecule has 126 valence electrons. The molecule has 1 amide bonds. The van der Waals surface area contributed by atoms with Crippen molar-refractivity contribution in [1.82, 2.24) is 5.32 Å². The van der Waals surface area contributed by atoms with Gasteiger partial charge in [0.05, 0.1) is 16.7 Å². The Morgan fingerprint density at radius 2 is 2.04 bits per heavy atom. The fourth-order valence-electron chi connectivity index (χ4n) is 3.35. The van der Waals surface area contributed by atoms with Crippen LogP contribution in [0.3, 0.4) is 0 Å². The third-order valence-electron chi connectivity index (χ3n) is 4.52. The van der Waals surface area contributed by atoms with Gasteiger partial charge in [0.2, 0.25) is 5.91 Å². The van der Waals surface area contributed by atoms with E-state index in [0.717, 1.165) is 24.8 Å². The summed E-state index contributed by atoms with van der Waals surface area (Å²) in [5.74, 6) is -0.320. The number of nitrogens with one attached hydrogen (secondary N) is 1. The van der Waals surface area contributed by atoms with Crippen molar-refractivity contribution in [2.24, 2.45) is 0 Å². The Hall–Kier alpha value is -2.12. The second-order valence-electron chi connectivity index (χ2n) is 6.08. The molecule has 2 aliphatic rings. The van der Waals surface area contributed by atoms with Gasteiger partial charge in [-0.15, -0.1) is 0 Å². The molecule has 2 heterocycles. The number of sulfonamides is 1. The van der Waals surface area contributed by atoms with Crippen molar-refractivity contribution in [2.45, 2.75) is 23.8 Å². The van der Waals surface area contributed by atoms with E-state index in [-0.39, 0.29) is 23.5 Å². The summed E-state index contributed by atoms with van der Waals surface area (Å²) in [7, 11) is -3.69. The molecule has 7 heteroatoms. The van der Waals surface area contributed by atoms with Crippen LogP contribution in [-0.2, 0) is 19.6 Å². The topological polar surface area (TPSA) is 75.7 Å². The number of amides is 1. The van der Waals surface area contributed by atoms with Gasteiger partial charge in [-0.05, 0) is 30.4 Å². The molecular weight excluding hydrogens is 328 g/mol. The first kappa shape index (κ1) is 15.4. The minimum atomic E-state index is -3.69. The highest BCUT2D eigenvalue weighted by atomic mass is 32.2. The lowest BCUT2D eigenvalue weighted by atomic mass is 10.1. The molecule has 1 atom stereocenters. The number of hydrogen-bond donors (Lipinski definition) is 1. The van der Waals surface area contributed by atoms with E-state index in [9.17, 15) is 13.2 Å². The first-order chi connectivity index (χ1) is 11.6. The van der Waals surface area contributed by atoms with Crippen LogP contribution in [0.4, 0.5) is 5.69 Å². The predicted octanol–water partition coefficient (Wildman–Crippen LogP) is 1.64. The molecule has 2 aromatic carbocycles. The minimum Gasteiger partial charge on any atom is -0.376 e. The van der Waals surface area contributed by atoms with E-state index < -0.39 is 10.0 Å².